The van der Waals surface area contributed by atoms with Crippen LogP contribution in [-0.2, 0) is 26.7 Å². The van der Waals surface area contributed by atoms with Gasteiger partial charge >= 0.3 is 0 Å². The zero-order chi connectivity index (χ0) is 22.6. The van der Waals surface area contributed by atoms with Crippen molar-refractivity contribution in [2.24, 2.45) is 12.0 Å². The lowest BCUT2D eigenvalue weighted by molar-refractivity contribution is 0.254. The summed E-state index contributed by atoms with van der Waals surface area (Å²) < 4.78 is 1.97. The van der Waals surface area contributed by atoms with Gasteiger partial charge in [-0.3, -0.25) is 4.90 Å². The van der Waals surface area contributed by atoms with Crippen LogP contribution in [0.25, 0.3) is 0 Å². The van der Waals surface area contributed by atoms with Crippen LogP contribution < -0.4 is 10.6 Å². The van der Waals surface area contributed by atoms with Crippen molar-refractivity contribution in [1.82, 2.24) is 30.3 Å². The van der Waals surface area contributed by atoms with Crippen molar-refractivity contribution < 1.29 is 0 Å². The fraction of sp³-hybridized carbons (Fsp3) is 0.400. The normalized spacial score (nSPS) is 11.7. The maximum atomic E-state index is 4.67. The average Bonchev–Trinajstić information content (AvgIpc) is 3.13. The van der Waals surface area contributed by atoms with Gasteiger partial charge in [0.2, 0.25) is 0 Å². The molecule has 0 radical (unpaired) electrons. The second-order valence-corrected chi connectivity index (χ2v) is 7.88. The zero-order valence-corrected chi connectivity index (χ0v) is 19.5. The minimum Gasteiger partial charge on any atom is -0.357 e. The molecule has 0 amide bonds. The summed E-state index contributed by atoms with van der Waals surface area (Å²) in [6.07, 6.45) is 1.02. The van der Waals surface area contributed by atoms with Crippen LogP contribution in [0.15, 0.2) is 65.7 Å². The third kappa shape index (κ3) is 7.50. The number of nitrogens with zero attached hydrogens (tertiary/aromatic N) is 5. The Balaban J connectivity index is 1.53. The summed E-state index contributed by atoms with van der Waals surface area (Å²) in [5.41, 5.74) is 2.68. The van der Waals surface area contributed by atoms with Gasteiger partial charge in [-0.2, -0.15) is 0 Å². The van der Waals surface area contributed by atoms with Crippen molar-refractivity contribution in [3.05, 3.63) is 83.4 Å². The van der Waals surface area contributed by atoms with Gasteiger partial charge in [0.1, 0.15) is 12.4 Å². The molecule has 0 unspecified atom stereocenters. The van der Waals surface area contributed by atoms with Crippen molar-refractivity contribution in [1.29, 1.82) is 0 Å². The predicted octanol–water partition coefficient (Wildman–Crippen LogP) is 3.27. The summed E-state index contributed by atoms with van der Waals surface area (Å²) in [5.74, 6) is 2.56. The van der Waals surface area contributed by atoms with E-state index in [0.29, 0.717) is 6.54 Å². The Morgan fingerprint density at radius 3 is 2.09 bits per heavy atom. The van der Waals surface area contributed by atoms with Gasteiger partial charge in [-0.1, -0.05) is 60.7 Å². The number of guanidine groups is 1. The molecule has 3 aromatic rings. The Morgan fingerprint density at radius 2 is 1.56 bits per heavy atom. The minimum atomic E-state index is 0.501. The summed E-state index contributed by atoms with van der Waals surface area (Å²) in [4.78, 5) is 7.17. The van der Waals surface area contributed by atoms with E-state index in [-0.39, 0.29) is 0 Å². The van der Waals surface area contributed by atoms with Gasteiger partial charge in [-0.05, 0) is 31.4 Å². The average molecular weight is 434 g/mol. The van der Waals surface area contributed by atoms with E-state index in [1.165, 1.54) is 11.1 Å². The molecule has 7 heteroatoms. The lowest BCUT2D eigenvalue weighted by atomic mass is 10.1. The van der Waals surface area contributed by atoms with Gasteiger partial charge < -0.3 is 15.2 Å². The molecule has 2 aromatic carbocycles. The molecule has 0 fully saturated rings. The molecule has 7 nitrogen and oxygen atoms in total. The van der Waals surface area contributed by atoms with Crippen LogP contribution in [0, 0.1) is 6.92 Å². The molecule has 0 spiro atoms. The summed E-state index contributed by atoms with van der Waals surface area (Å²) in [7, 11) is 1.97. The number of aliphatic imine (C=N–C) groups is 1. The molecule has 1 heterocycles. The number of benzene rings is 2. The SMILES string of the molecule is CCNC(=NCc1nnc(C)n1C)NCCCN(Cc1ccccc1)Cc1ccccc1. The lowest BCUT2D eigenvalue weighted by Crippen LogP contribution is -2.38. The van der Waals surface area contributed by atoms with E-state index in [1.54, 1.807) is 0 Å². The molecule has 0 saturated heterocycles. The van der Waals surface area contributed by atoms with E-state index >= 15 is 0 Å². The highest BCUT2D eigenvalue weighted by Crippen LogP contribution is 2.10. The highest BCUT2D eigenvalue weighted by atomic mass is 15.3. The predicted molar refractivity (Wildman–Crippen MR) is 130 cm³/mol. The molecule has 0 aliphatic carbocycles. The van der Waals surface area contributed by atoms with Crippen LogP contribution in [0.3, 0.4) is 0 Å². The molecule has 32 heavy (non-hydrogen) atoms. The van der Waals surface area contributed by atoms with Gasteiger partial charge in [-0.15, -0.1) is 10.2 Å². The molecule has 0 aliphatic rings. The molecule has 0 bridgehead atoms. The number of nitrogens with one attached hydrogen (secondary N) is 2. The first-order chi connectivity index (χ1) is 15.7. The Hall–Kier alpha value is -3.19. The van der Waals surface area contributed by atoms with E-state index in [0.717, 1.165) is 56.8 Å². The molecule has 3 rings (SSSR count). The van der Waals surface area contributed by atoms with Crippen molar-refractivity contribution in [2.75, 3.05) is 19.6 Å². The topological polar surface area (TPSA) is 70.4 Å². The second-order valence-electron chi connectivity index (χ2n) is 7.88. The third-order valence-electron chi connectivity index (χ3n) is 5.35. The highest BCUT2D eigenvalue weighted by molar-refractivity contribution is 5.79. The van der Waals surface area contributed by atoms with Gasteiger partial charge in [0.25, 0.3) is 0 Å². The highest BCUT2D eigenvalue weighted by Gasteiger charge is 2.08. The molecule has 170 valence electrons. The molecule has 0 atom stereocenters. The Kier molecular flexibility index (Phi) is 9.25. The van der Waals surface area contributed by atoms with Gasteiger partial charge in [0, 0.05) is 39.8 Å². The van der Waals surface area contributed by atoms with Crippen molar-refractivity contribution in [2.45, 2.75) is 39.9 Å². The Morgan fingerprint density at radius 1 is 0.938 bits per heavy atom. The van der Waals surface area contributed by atoms with Gasteiger partial charge in [-0.25, -0.2) is 4.99 Å². The fourth-order valence-corrected chi connectivity index (χ4v) is 3.49. The van der Waals surface area contributed by atoms with Crippen molar-refractivity contribution in [3.63, 3.8) is 0 Å². The van der Waals surface area contributed by atoms with Gasteiger partial charge in [0.15, 0.2) is 11.8 Å². The second kappa shape index (κ2) is 12.6. The quantitative estimate of drug-likeness (QED) is 0.276. The van der Waals surface area contributed by atoms with E-state index in [9.17, 15) is 0 Å². The number of aryl methyl sites for hydroxylation is 1. The smallest absolute Gasteiger partial charge is 0.191 e. The van der Waals surface area contributed by atoms with Crippen LogP contribution in [0.5, 0.6) is 0 Å². The first-order valence-corrected chi connectivity index (χ1v) is 11.3. The summed E-state index contributed by atoms with van der Waals surface area (Å²) >= 11 is 0. The maximum Gasteiger partial charge on any atom is 0.191 e. The van der Waals surface area contributed by atoms with E-state index in [2.05, 4.69) is 98.3 Å². The fourth-order valence-electron chi connectivity index (χ4n) is 3.49. The number of aromatic nitrogens is 3. The monoisotopic (exact) mass is 433 g/mol. The van der Waals surface area contributed by atoms with Gasteiger partial charge in [0.05, 0.1) is 0 Å². The number of hydrogen-bond acceptors (Lipinski definition) is 4. The molecule has 2 N–H and O–H groups in total. The first kappa shape index (κ1) is 23.5. The van der Waals surface area contributed by atoms with Crippen LogP contribution >= 0.6 is 0 Å². The van der Waals surface area contributed by atoms with E-state index in [4.69, 9.17) is 0 Å². The molecular formula is C25H35N7. The molecular weight excluding hydrogens is 398 g/mol. The van der Waals surface area contributed by atoms with Crippen LogP contribution in [-0.4, -0.2) is 45.3 Å². The minimum absolute atomic E-state index is 0.501. The first-order valence-electron chi connectivity index (χ1n) is 11.3. The largest absolute Gasteiger partial charge is 0.357 e. The van der Waals surface area contributed by atoms with E-state index < -0.39 is 0 Å². The molecule has 1 aromatic heterocycles. The van der Waals surface area contributed by atoms with Crippen LogP contribution in [0.2, 0.25) is 0 Å². The van der Waals surface area contributed by atoms with Crippen molar-refractivity contribution >= 4 is 5.96 Å². The molecule has 0 saturated carbocycles. The summed E-state index contributed by atoms with van der Waals surface area (Å²) in [6.45, 7) is 9.07. The third-order valence-corrected chi connectivity index (χ3v) is 5.35. The van der Waals surface area contributed by atoms with Crippen molar-refractivity contribution in [3.8, 4) is 0 Å². The molecule has 0 aliphatic heterocycles. The standard InChI is InChI=1S/C25H35N7/c1-4-26-25(28-18-24-30-29-21(2)31(24)3)27-16-11-17-32(19-22-12-7-5-8-13-22)20-23-14-9-6-10-15-23/h5-10,12-15H,4,11,16-20H2,1-3H3,(H2,26,27,28). The summed E-state index contributed by atoms with van der Waals surface area (Å²) in [5, 5.41) is 15.1. The summed E-state index contributed by atoms with van der Waals surface area (Å²) in [6, 6.07) is 21.3. The van der Waals surface area contributed by atoms with Crippen LogP contribution in [0.4, 0.5) is 0 Å². The lowest BCUT2D eigenvalue weighted by Gasteiger charge is -2.23. The maximum absolute atomic E-state index is 4.67. The zero-order valence-electron chi connectivity index (χ0n) is 19.5. The van der Waals surface area contributed by atoms with Crippen LogP contribution in [0.1, 0.15) is 36.1 Å². The number of hydrogen-bond donors (Lipinski definition) is 2. The van der Waals surface area contributed by atoms with E-state index in [1.807, 2.05) is 18.5 Å². The Labute approximate surface area is 191 Å². The number of rotatable bonds is 11. The Bertz CT molecular complexity index is 909.